The van der Waals surface area contributed by atoms with Gasteiger partial charge in [-0.05, 0) is 30.7 Å². The minimum absolute atomic E-state index is 0.140. The smallest absolute Gasteiger partial charge is 0.355 e. The normalized spacial score (nSPS) is 10.1. The fraction of sp³-hybridized carbons (Fsp3) is 0.273. The van der Waals surface area contributed by atoms with E-state index >= 15 is 0 Å². The summed E-state index contributed by atoms with van der Waals surface area (Å²) in [6.45, 7) is 2.50. The molecule has 0 bridgehead atoms. The van der Waals surface area contributed by atoms with Gasteiger partial charge in [-0.25, -0.2) is 4.39 Å². The molecule has 0 atom stereocenters. The summed E-state index contributed by atoms with van der Waals surface area (Å²) in [6, 6.07) is 5.95. The molecule has 1 aromatic heterocycles. The minimum Gasteiger partial charge on any atom is -0.461 e. The second-order valence-electron chi connectivity index (χ2n) is 3.49. The van der Waals surface area contributed by atoms with Crippen LogP contribution in [0.25, 0.3) is 0 Å². The highest BCUT2D eigenvalue weighted by atomic mass is 19.1. The van der Waals surface area contributed by atoms with Gasteiger partial charge in [0.05, 0.1) is 6.61 Å². The number of anilines is 2. The van der Waals surface area contributed by atoms with E-state index in [-0.39, 0.29) is 17.8 Å². The molecule has 0 spiro atoms. The summed E-state index contributed by atoms with van der Waals surface area (Å²) >= 11 is 0. The SMILES string of the molecule is CCCOc1nnc(Nc2ccc(F)cc2)nn1. The van der Waals surface area contributed by atoms with Crippen LogP contribution < -0.4 is 10.1 Å². The highest BCUT2D eigenvalue weighted by Crippen LogP contribution is 2.12. The molecule has 2 rings (SSSR count). The van der Waals surface area contributed by atoms with Gasteiger partial charge in [0.1, 0.15) is 5.82 Å². The Morgan fingerprint density at radius 2 is 1.78 bits per heavy atom. The van der Waals surface area contributed by atoms with Crippen molar-refractivity contribution in [3.63, 3.8) is 0 Å². The highest BCUT2D eigenvalue weighted by Gasteiger charge is 2.02. The molecular weight excluding hydrogens is 237 g/mol. The van der Waals surface area contributed by atoms with Gasteiger partial charge in [-0.2, -0.15) is 0 Å². The van der Waals surface area contributed by atoms with Gasteiger partial charge in [0.15, 0.2) is 0 Å². The van der Waals surface area contributed by atoms with Crippen LogP contribution >= 0.6 is 0 Å². The van der Waals surface area contributed by atoms with E-state index in [1.807, 2.05) is 6.92 Å². The van der Waals surface area contributed by atoms with Gasteiger partial charge in [-0.15, -0.1) is 10.2 Å². The topological polar surface area (TPSA) is 72.8 Å². The Labute approximate surface area is 103 Å². The van der Waals surface area contributed by atoms with Crippen molar-refractivity contribution in [1.29, 1.82) is 0 Å². The van der Waals surface area contributed by atoms with Crippen LogP contribution in [0.15, 0.2) is 24.3 Å². The van der Waals surface area contributed by atoms with Crippen LogP contribution in [-0.2, 0) is 0 Å². The van der Waals surface area contributed by atoms with Crippen molar-refractivity contribution in [3.05, 3.63) is 30.1 Å². The Morgan fingerprint density at radius 3 is 2.39 bits per heavy atom. The molecule has 7 heteroatoms. The Balaban J connectivity index is 1.99. The maximum atomic E-state index is 12.7. The molecule has 0 fully saturated rings. The molecule has 1 N–H and O–H groups in total. The van der Waals surface area contributed by atoms with Gasteiger partial charge >= 0.3 is 6.01 Å². The standard InChI is InChI=1S/C11H12FN5O/c1-2-7-18-11-16-14-10(15-17-11)13-9-5-3-8(12)4-6-9/h3-6H,2,7H2,1H3,(H,13,14,15). The summed E-state index contributed by atoms with van der Waals surface area (Å²) in [5.41, 5.74) is 0.655. The lowest BCUT2D eigenvalue weighted by Gasteiger charge is -2.04. The lowest BCUT2D eigenvalue weighted by molar-refractivity contribution is 0.283. The van der Waals surface area contributed by atoms with Gasteiger partial charge in [-0.3, -0.25) is 0 Å². The number of ether oxygens (including phenoxy) is 1. The van der Waals surface area contributed by atoms with E-state index in [9.17, 15) is 4.39 Å². The van der Waals surface area contributed by atoms with Gasteiger partial charge in [0.2, 0.25) is 0 Å². The molecular formula is C11H12FN5O. The van der Waals surface area contributed by atoms with Crippen molar-refractivity contribution < 1.29 is 9.13 Å². The zero-order valence-electron chi connectivity index (χ0n) is 9.80. The molecule has 0 saturated carbocycles. The molecule has 94 valence electrons. The Hall–Kier alpha value is -2.31. The molecule has 6 nitrogen and oxygen atoms in total. The first-order valence-corrected chi connectivity index (χ1v) is 5.50. The molecule has 0 aliphatic rings. The van der Waals surface area contributed by atoms with E-state index in [1.54, 1.807) is 12.1 Å². The van der Waals surface area contributed by atoms with E-state index in [4.69, 9.17) is 4.74 Å². The number of aromatic nitrogens is 4. The fourth-order valence-electron chi connectivity index (χ4n) is 1.18. The number of hydrogen-bond donors (Lipinski definition) is 1. The average Bonchev–Trinajstić information content (AvgIpc) is 2.41. The molecule has 0 aliphatic heterocycles. The molecule has 0 radical (unpaired) electrons. The van der Waals surface area contributed by atoms with Gasteiger partial charge in [0.25, 0.3) is 5.95 Å². The van der Waals surface area contributed by atoms with Crippen LogP contribution in [-0.4, -0.2) is 27.0 Å². The Morgan fingerprint density at radius 1 is 1.11 bits per heavy atom. The number of nitrogens with zero attached hydrogens (tertiary/aromatic N) is 4. The monoisotopic (exact) mass is 249 g/mol. The molecule has 18 heavy (non-hydrogen) atoms. The Kier molecular flexibility index (Phi) is 3.95. The molecule has 0 aliphatic carbocycles. The van der Waals surface area contributed by atoms with Crippen LogP contribution in [0, 0.1) is 5.82 Å². The summed E-state index contributed by atoms with van der Waals surface area (Å²) in [5, 5.41) is 17.9. The number of hydrogen-bond acceptors (Lipinski definition) is 6. The quantitative estimate of drug-likeness (QED) is 0.873. The minimum atomic E-state index is -0.305. The van der Waals surface area contributed by atoms with Gasteiger partial charge in [-0.1, -0.05) is 17.1 Å². The zero-order valence-corrected chi connectivity index (χ0v) is 9.80. The Bertz CT molecular complexity index is 488. The predicted octanol–water partition coefficient (Wildman–Crippen LogP) is 1.94. The third kappa shape index (κ3) is 3.34. The first-order valence-electron chi connectivity index (χ1n) is 5.50. The second kappa shape index (κ2) is 5.85. The van der Waals surface area contributed by atoms with Crippen molar-refractivity contribution in [2.24, 2.45) is 0 Å². The molecule has 0 amide bonds. The molecule has 2 aromatic rings. The lowest BCUT2D eigenvalue weighted by atomic mass is 10.3. The van der Waals surface area contributed by atoms with Crippen molar-refractivity contribution in [1.82, 2.24) is 20.4 Å². The highest BCUT2D eigenvalue weighted by molar-refractivity contribution is 5.51. The first kappa shape index (κ1) is 12.2. The largest absolute Gasteiger partial charge is 0.461 e. The second-order valence-corrected chi connectivity index (χ2v) is 3.49. The van der Waals surface area contributed by atoms with E-state index in [0.717, 1.165) is 6.42 Å². The first-order chi connectivity index (χ1) is 8.78. The van der Waals surface area contributed by atoms with Crippen molar-refractivity contribution in [2.75, 3.05) is 11.9 Å². The summed E-state index contributed by atoms with van der Waals surface area (Å²) in [7, 11) is 0. The predicted molar refractivity (Wildman–Crippen MR) is 63.1 cm³/mol. The summed E-state index contributed by atoms with van der Waals surface area (Å²) < 4.78 is 17.8. The van der Waals surface area contributed by atoms with Crippen molar-refractivity contribution in [3.8, 4) is 6.01 Å². The molecule has 0 saturated heterocycles. The number of benzene rings is 1. The van der Waals surface area contributed by atoms with E-state index in [1.165, 1.54) is 12.1 Å². The third-order valence-electron chi connectivity index (χ3n) is 2.00. The number of nitrogens with one attached hydrogen (secondary N) is 1. The maximum absolute atomic E-state index is 12.7. The van der Waals surface area contributed by atoms with Gasteiger partial charge in [0, 0.05) is 5.69 Å². The van der Waals surface area contributed by atoms with Crippen LogP contribution in [0.4, 0.5) is 16.0 Å². The van der Waals surface area contributed by atoms with E-state index in [0.29, 0.717) is 12.3 Å². The van der Waals surface area contributed by atoms with Crippen LogP contribution in [0.3, 0.4) is 0 Å². The van der Waals surface area contributed by atoms with Crippen molar-refractivity contribution >= 4 is 11.6 Å². The third-order valence-corrected chi connectivity index (χ3v) is 2.00. The van der Waals surface area contributed by atoms with Crippen LogP contribution in [0.5, 0.6) is 6.01 Å². The summed E-state index contributed by atoms with van der Waals surface area (Å²) in [6.07, 6.45) is 0.860. The van der Waals surface area contributed by atoms with Crippen molar-refractivity contribution in [2.45, 2.75) is 13.3 Å². The molecule has 1 aromatic carbocycles. The van der Waals surface area contributed by atoms with Gasteiger partial charge < -0.3 is 10.1 Å². The zero-order chi connectivity index (χ0) is 12.8. The van der Waals surface area contributed by atoms with Crippen LogP contribution in [0.2, 0.25) is 0 Å². The summed E-state index contributed by atoms with van der Waals surface area (Å²) in [5.74, 6) is -0.0773. The number of rotatable bonds is 5. The molecule has 0 unspecified atom stereocenters. The van der Waals surface area contributed by atoms with E-state index in [2.05, 4.69) is 25.7 Å². The molecule has 1 heterocycles. The fourth-order valence-corrected chi connectivity index (χ4v) is 1.18. The van der Waals surface area contributed by atoms with Crippen LogP contribution in [0.1, 0.15) is 13.3 Å². The number of halogens is 1. The summed E-state index contributed by atoms with van der Waals surface area (Å²) in [4.78, 5) is 0. The van der Waals surface area contributed by atoms with E-state index < -0.39 is 0 Å². The lowest BCUT2D eigenvalue weighted by Crippen LogP contribution is -2.05. The maximum Gasteiger partial charge on any atom is 0.355 e. The average molecular weight is 249 g/mol.